The molecular formula is C27H43N3O4S. The number of hydrogen-bond acceptors (Lipinski definition) is 5. The molecule has 35 heavy (non-hydrogen) atoms. The Labute approximate surface area is 216 Å². The fourth-order valence-corrected chi connectivity index (χ4v) is 3.85. The van der Waals surface area contributed by atoms with Gasteiger partial charge in [-0.1, -0.05) is 57.0 Å². The molecule has 0 aliphatic carbocycles. The highest BCUT2D eigenvalue weighted by Crippen LogP contribution is 2.25. The summed E-state index contributed by atoms with van der Waals surface area (Å²) in [6, 6.07) is 5.51. The van der Waals surface area contributed by atoms with Gasteiger partial charge in [0.05, 0.1) is 0 Å². The molecule has 0 aliphatic heterocycles. The summed E-state index contributed by atoms with van der Waals surface area (Å²) in [5.74, 6) is -0.593. The second-order valence-electron chi connectivity index (χ2n) is 9.91. The van der Waals surface area contributed by atoms with E-state index in [1.54, 1.807) is 31.7 Å². The number of rotatable bonds is 13. The number of benzene rings is 1. The summed E-state index contributed by atoms with van der Waals surface area (Å²) >= 11 is 4.32. The molecule has 8 heteroatoms. The van der Waals surface area contributed by atoms with Gasteiger partial charge in [0, 0.05) is 18.3 Å². The lowest BCUT2D eigenvalue weighted by Crippen LogP contribution is -2.54. The van der Waals surface area contributed by atoms with Crippen LogP contribution >= 0.6 is 12.6 Å². The molecule has 0 radical (unpaired) electrons. The average Bonchev–Trinajstić information content (AvgIpc) is 2.77. The molecule has 0 spiro atoms. The predicted octanol–water partition coefficient (Wildman–Crippen LogP) is 5.13. The van der Waals surface area contributed by atoms with Gasteiger partial charge in [-0.3, -0.25) is 9.59 Å². The van der Waals surface area contributed by atoms with E-state index in [0.29, 0.717) is 12.1 Å². The normalized spacial score (nSPS) is 13.0. The second-order valence-corrected chi connectivity index (χ2v) is 10.3. The summed E-state index contributed by atoms with van der Waals surface area (Å²) in [4.78, 5) is 41.2. The topological polar surface area (TPSA) is 87.7 Å². The maximum Gasteiger partial charge on any atom is 0.408 e. The predicted molar refractivity (Wildman–Crippen MR) is 145 cm³/mol. The lowest BCUT2D eigenvalue weighted by Gasteiger charge is -2.34. The van der Waals surface area contributed by atoms with Crippen molar-refractivity contribution < 1.29 is 19.1 Å². The van der Waals surface area contributed by atoms with Crippen molar-refractivity contribution in [3.05, 3.63) is 42.0 Å². The number of hydrogen-bond donors (Lipinski definition) is 3. The summed E-state index contributed by atoms with van der Waals surface area (Å²) in [5.41, 5.74) is 0.819. The third kappa shape index (κ3) is 10.8. The highest BCUT2D eigenvalue weighted by Gasteiger charge is 2.35. The van der Waals surface area contributed by atoms with E-state index in [1.807, 2.05) is 38.1 Å². The Hall–Kier alpha value is -2.48. The molecule has 3 amide bonds. The fraction of sp³-hybridized carbons (Fsp3) is 0.593. The van der Waals surface area contributed by atoms with Crippen molar-refractivity contribution in [2.24, 2.45) is 0 Å². The Morgan fingerprint density at radius 3 is 2.37 bits per heavy atom. The van der Waals surface area contributed by atoms with E-state index >= 15 is 0 Å². The Morgan fingerprint density at radius 2 is 1.83 bits per heavy atom. The first-order valence-corrected chi connectivity index (χ1v) is 13.0. The Morgan fingerprint density at radius 1 is 1.14 bits per heavy atom. The van der Waals surface area contributed by atoms with Gasteiger partial charge in [0.25, 0.3) is 0 Å². The van der Waals surface area contributed by atoms with Gasteiger partial charge in [0.1, 0.15) is 17.7 Å². The Kier molecular flexibility index (Phi) is 12.9. The molecule has 2 atom stereocenters. The van der Waals surface area contributed by atoms with Crippen LogP contribution < -0.4 is 10.6 Å². The van der Waals surface area contributed by atoms with Crippen molar-refractivity contribution in [2.75, 3.05) is 12.3 Å². The lowest BCUT2D eigenvalue weighted by atomic mass is 9.99. The molecule has 0 saturated carbocycles. The monoisotopic (exact) mass is 505 g/mol. The summed E-state index contributed by atoms with van der Waals surface area (Å²) in [7, 11) is 0. The zero-order valence-corrected chi connectivity index (χ0v) is 23.0. The van der Waals surface area contributed by atoms with Crippen LogP contribution in [0.1, 0.15) is 84.4 Å². The van der Waals surface area contributed by atoms with Gasteiger partial charge in [-0.2, -0.15) is 12.6 Å². The summed E-state index contributed by atoms with van der Waals surface area (Å²) in [6.07, 6.45) is 4.74. The number of ether oxygens (including phenoxy) is 1. The number of alkyl carbamates (subject to hydrolysis) is 1. The minimum absolute atomic E-state index is 0.0642. The molecule has 2 unspecified atom stereocenters. The zero-order valence-electron chi connectivity index (χ0n) is 22.1. The molecule has 0 heterocycles. The third-order valence-electron chi connectivity index (χ3n) is 5.16. The van der Waals surface area contributed by atoms with Crippen molar-refractivity contribution in [2.45, 2.75) is 91.0 Å². The first kappa shape index (κ1) is 30.6. The molecule has 196 valence electrons. The van der Waals surface area contributed by atoms with Crippen LogP contribution in [0.4, 0.5) is 4.79 Å². The van der Waals surface area contributed by atoms with Crippen LogP contribution in [-0.2, 0) is 14.3 Å². The largest absolute Gasteiger partial charge is 0.444 e. The minimum Gasteiger partial charge on any atom is -0.444 e. The van der Waals surface area contributed by atoms with Crippen molar-refractivity contribution in [1.82, 2.24) is 15.5 Å². The number of thiol groups is 1. The van der Waals surface area contributed by atoms with E-state index < -0.39 is 23.8 Å². The van der Waals surface area contributed by atoms with E-state index in [4.69, 9.17) is 4.74 Å². The van der Waals surface area contributed by atoms with Gasteiger partial charge in [0.15, 0.2) is 0 Å². The molecule has 2 N–H and O–H groups in total. The van der Waals surface area contributed by atoms with Crippen LogP contribution in [0.15, 0.2) is 30.8 Å². The van der Waals surface area contributed by atoms with Crippen LogP contribution in [0.2, 0.25) is 0 Å². The Bertz CT molecular complexity index is 851. The molecule has 0 saturated heterocycles. The van der Waals surface area contributed by atoms with E-state index in [1.165, 1.54) is 0 Å². The fourth-order valence-electron chi connectivity index (χ4n) is 3.60. The zero-order chi connectivity index (χ0) is 26.6. The standard InChI is InChI=1S/C27H43N3O4S/c1-8-10-11-12-16-30(25(32)22(18-35)29-26(33)34-27(5,6)7)23(24(31)28-19(3)4)21-15-13-14-20(9-2)17-21/h9,13-15,17,19,22-23,35H,2,8,10-12,16,18H2,1,3-7H3,(H,28,31)(H,29,33). The van der Waals surface area contributed by atoms with Crippen LogP contribution in [0.25, 0.3) is 6.08 Å². The summed E-state index contributed by atoms with van der Waals surface area (Å²) in [5, 5.41) is 5.59. The molecule has 1 rings (SSSR count). The van der Waals surface area contributed by atoms with E-state index in [9.17, 15) is 14.4 Å². The molecule has 1 aromatic rings. The highest BCUT2D eigenvalue weighted by molar-refractivity contribution is 7.80. The highest BCUT2D eigenvalue weighted by atomic mass is 32.1. The number of amides is 3. The number of unbranched alkanes of at least 4 members (excludes halogenated alkanes) is 3. The van der Waals surface area contributed by atoms with Crippen molar-refractivity contribution in [1.29, 1.82) is 0 Å². The smallest absolute Gasteiger partial charge is 0.408 e. The second kappa shape index (κ2) is 14.8. The Balaban J connectivity index is 3.41. The first-order chi connectivity index (χ1) is 16.4. The minimum atomic E-state index is -0.948. The van der Waals surface area contributed by atoms with Crippen molar-refractivity contribution in [3.8, 4) is 0 Å². The molecule has 0 fully saturated rings. The van der Waals surface area contributed by atoms with Crippen LogP contribution in [-0.4, -0.2) is 52.8 Å². The third-order valence-corrected chi connectivity index (χ3v) is 5.53. The molecule has 0 aliphatic rings. The van der Waals surface area contributed by atoms with E-state index in [-0.39, 0.29) is 23.6 Å². The van der Waals surface area contributed by atoms with Gasteiger partial charge in [-0.15, -0.1) is 0 Å². The first-order valence-electron chi connectivity index (χ1n) is 12.4. The van der Waals surface area contributed by atoms with Gasteiger partial charge >= 0.3 is 6.09 Å². The molecular weight excluding hydrogens is 462 g/mol. The van der Waals surface area contributed by atoms with Gasteiger partial charge < -0.3 is 20.3 Å². The van der Waals surface area contributed by atoms with E-state index in [0.717, 1.165) is 31.2 Å². The number of nitrogens with zero attached hydrogens (tertiary/aromatic N) is 1. The van der Waals surface area contributed by atoms with Crippen molar-refractivity contribution in [3.63, 3.8) is 0 Å². The molecule has 1 aromatic carbocycles. The SMILES string of the molecule is C=Cc1cccc(C(C(=O)NC(C)C)N(CCCCCC)C(=O)C(CS)NC(=O)OC(C)(C)C)c1. The average molecular weight is 506 g/mol. The molecule has 0 bridgehead atoms. The number of carbonyl (C=O) groups is 3. The lowest BCUT2D eigenvalue weighted by molar-refractivity contribution is -0.142. The maximum absolute atomic E-state index is 13.8. The summed E-state index contributed by atoms with van der Waals surface area (Å²) < 4.78 is 5.34. The number of carbonyl (C=O) groups excluding carboxylic acids is 3. The molecule has 0 aromatic heterocycles. The van der Waals surface area contributed by atoms with Gasteiger partial charge in [-0.05, 0) is 58.2 Å². The molecule has 7 nitrogen and oxygen atoms in total. The van der Waals surface area contributed by atoms with E-state index in [2.05, 4.69) is 36.8 Å². The van der Waals surface area contributed by atoms with Crippen LogP contribution in [0.3, 0.4) is 0 Å². The summed E-state index contributed by atoms with van der Waals surface area (Å²) in [6.45, 7) is 15.3. The number of nitrogens with one attached hydrogen (secondary N) is 2. The van der Waals surface area contributed by atoms with Crippen molar-refractivity contribution >= 4 is 36.6 Å². The maximum atomic E-state index is 13.8. The van der Waals surface area contributed by atoms with Crippen LogP contribution in [0, 0.1) is 0 Å². The quantitative estimate of drug-likeness (QED) is 0.256. The van der Waals surface area contributed by atoms with Gasteiger partial charge in [-0.25, -0.2) is 4.79 Å². The van der Waals surface area contributed by atoms with Crippen LogP contribution in [0.5, 0.6) is 0 Å². The van der Waals surface area contributed by atoms with Gasteiger partial charge in [0.2, 0.25) is 11.8 Å².